The topological polar surface area (TPSA) is 76.1 Å². The van der Waals surface area contributed by atoms with E-state index in [1.807, 2.05) is 0 Å². The zero-order valence-electron chi connectivity index (χ0n) is 12.8. The van der Waals surface area contributed by atoms with Crippen LogP contribution in [0.3, 0.4) is 0 Å². The lowest BCUT2D eigenvalue weighted by Gasteiger charge is -2.11. The number of benzene rings is 1. The summed E-state index contributed by atoms with van der Waals surface area (Å²) in [7, 11) is 0. The molecule has 1 aliphatic rings. The van der Waals surface area contributed by atoms with Crippen molar-refractivity contribution in [2.45, 2.75) is 18.9 Å². The number of carbonyl (C=O) groups excluding carboxylic acids is 1. The Hall–Kier alpha value is -1.89. The number of halogens is 2. The van der Waals surface area contributed by atoms with Crippen LogP contribution >= 0.6 is 23.2 Å². The third kappa shape index (κ3) is 4.35. The first kappa shape index (κ1) is 17.0. The summed E-state index contributed by atoms with van der Waals surface area (Å²) in [6.45, 7) is 1.49. The summed E-state index contributed by atoms with van der Waals surface area (Å²) in [4.78, 5) is 12.2. The molecule has 1 fully saturated rings. The van der Waals surface area contributed by atoms with E-state index in [-0.39, 0.29) is 11.8 Å². The molecular weight excluding hydrogens is 351 g/mol. The van der Waals surface area contributed by atoms with E-state index in [0.29, 0.717) is 28.1 Å². The summed E-state index contributed by atoms with van der Waals surface area (Å²) in [5, 5.41) is 14.6. The van der Waals surface area contributed by atoms with Crippen LogP contribution in [0.4, 0.5) is 11.5 Å². The highest BCUT2D eigenvalue weighted by molar-refractivity contribution is 6.35. The van der Waals surface area contributed by atoms with E-state index in [2.05, 4.69) is 20.8 Å². The van der Waals surface area contributed by atoms with Crippen molar-refractivity contribution in [2.75, 3.05) is 23.8 Å². The number of hydrogen-bond donors (Lipinski definition) is 2. The first-order valence-corrected chi connectivity index (χ1v) is 8.33. The van der Waals surface area contributed by atoms with Crippen LogP contribution in [-0.2, 0) is 4.74 Å². The first-order chi connectivity index (χ1) is 11.6. The van der Waals surface area contributed by atoms with Crippen molar-refractivity contribution < 1.29 is 9.53 Å². The fraction of sp³-hybridized carbons (Fsp3) is 0.312. The molecule has 1 aromatic carbocycles. The molecule has 0 bridgehead atoms. The lowest BCUT2D eigenvalue weighted by molar-refractivity contribution is 0.102. The molecule has 0 spiro atoms. The quantitative estimate of drug-likeness (QED) is 0.844. The van der Waals surface area contributed by atoms with Crippen molar-refractivity contribution in [1.82, 2.24) is 10.2 Å². The predicted molar refractivity (Wildman–Crippen MR) is 93.9 cm³/mol. The van der Waals surface area contributed by atoms with Gasteiger partial charge in [-0.05, 0) is 43.2 Å². The molecule has 2 N–H and O–H groups in total. The van der Waals surface area contributed by atoms with Crippen LogP contribution in [-0.4, -0.2) is 35.4 Å². The second-order valence-corrected chi connectivity index (χ2v) is 6.24. The zero-order valence-corrected chi connectivity index (χ0v) is 14.3. The molecule has 2 heterocycles. The number of carbonyl (C=O) groups is 1. The van der Waals surface area contributed by atoms with Gasteiger partial charge in [0.05, 0.1) is 16.8 Å². The average Bonchev–Trinajstić information content (AvgIpc) is 3.10. The third-order valence-corrected chi connectivity index (χ3v) is 4.17. The molecule has 1 saturated heterocycles. The summed E-state index contributed by atoms with van der Waals surface area (Å²) >= 11 is 11.9. The van der Waals surface area contributed by atoms with Gasteiger partial charge >= 0.3 is 0 Å². The van der Waals surface area contributed by atoms with Crippen molar-refractivity contribution in [3.05, 3.63) is 46.1 Å². The largest absolute Gasteiger partial charge is 0.376 e. The van der Waals surface area contributed by atoms with Gasteiger partial charge in [0.2, 0.25) is 0 Å². The maximum Gasteiger partial charge on any atom is 0.276 e. The molecule has 2 aromatic rings. The highest BCUT2D eigenvalue weighted by atomic mass is 35.5. The average molecular weight is 367 g/mol. The van der Waals surface area contributed by atoms with Crippen LogP contribution in [0.15, 0.2) is 30.3 Å². The van der Waals surface area contributed by atoms with Crippen molar-refractivity contribution >= 4 is 40.6 Å². The first-order valence-electron chi connectivity index (χ1n) is 7.57. The fourth-order valence-electron chi connectivity index (χ4n) is 2.35. The zero-order chi connectivity index (χ0) is 16.9. The van der Waals surface area contributed by atoms with Gasteiger partial charge in [0.1, 0.15) is 5.82 Å². The van der Waals surface area contributed by atoms with Gasteiger partial charge in [-0.25, -0.2) is 0 Å². The Balaban J connectivity index is 1.59. The van der Waals surface area contributed by atoms with Crippen LogP contribution in [0.25, 0.3) is 0 Å². The number of anilines is 2. The van der Waals surface area contributed by atoms with E-state index in [0.717, 1.165) is 19.4 Å². The number of nitrogens with one attached hydrogen (secondary N) is 2. The number of aromatic nitrogens is 2. The normalized spacial score (nSPS) is 16.8. The van der Waals surface area contributed by atoms with E-state index in [1.165, 1.54) is 0 Å². The van der Waals surface area contributed by atoms with Crippen LogP contribution in [0, 0.1) is 0 Å². The van der Waals surface area contributed by atoms with Crippen molar-refractivity contribution in [3.8, 4) is 0 Å². The lowest BCUT2D eigenvalue weighted by Crippen LogP contribution is -2.20. The second kappa shape index (κ2) is 7.79. The maximum absolute atomic E-state index is 12.2. The van der Waals surface area contributed by atoms with E-state index in [4.69, 9.17) is 27.9 Å². The highest BCUT2D eigenvalue weighted by Gasteiger charge is 2.15. The molecule has 126 valence electrons. The Bertz CT molecular complexity index is 719. The molecular formula is C16H16Cl2N4O2. The SMILES string of the molecule is O=C(Nc1cc(Cl)ccc1Cl)c1ccc(NCC2CCCO2)nn1. The number of amides is 1. The minimum absolute atomic E-state index is 0.189. The van der Waals surface area contributed by atoms with Crippen LogP contribution in [0.1, 0.15) is 23.3 Å². The van der Waals surface area contributed by atoms with Gasteiger partial charge in [-0.3, -0.25) is 4.79 Å². The molecule has 1 amide bonds. The summed E-state index contributed by atoms with van der Waals surface area (Å²) in [5.74, 6) is 0.195. The van der Waals surface area contributed by atoms with Gasteiger partial charge in [-0.15, -0.1) is 10.2 Å². The van der Waals surface area contributed by atoms with Gasteiger partial charge in [0.25, 0.3) is 5.91 Å². The summed E-state index contributed by atoms with van der Waals surface area (Å²) < 4.78 is 5.53. The molecule has 0 aliphatic carbocycles. The van der Waals surface area contributed by atoms with Crippen LogP contribution in [0.2, 0.25) is 10.0 Å². The molecule has 1 atom stereocenters. The maximum atomic E-state index is 12.2. The number of rotatable bonds is 5. The van der Waals surface area contributed by atoms with E-state index in [9.17, 15) is 4.79 Å². The molecule has 1 aliphatic heterocycles. The van der Waals surface area contributed by atoms with Gasteiger partial charge in [-0.2, -0.15) is 0 Å². The van der Waals surface area contributed by atoms with Gasteiger partial charge < -0.3 is 15.4 Å². The standard InChI is InChI=1S/C16H16Cl2N4O2/c17-10-3-4-12(18)14(8-10)20-16(23)13-5-6-15(22-21-13)19-9-11-2-1-7-24-11/h3-6,8,11H,1-2,7,9H2,(H,19,22)(H,20,23). The van der Waals surface area contributed by atoms with Crippen molar-refractivity contribution in [2.24, 2.45) is 0 Å². The third-order valence-electron chi connectivity index (χ3n) is 3.61. The summed E-state index contributed by atoms with van der Waals surface area (Å²) in [6.07, 6.45) is 2.34. The molecule has 24 heavy (non-hydrogen) atoms. The van der Waals surface area contributed by atoms with E-state index in [1.54, 1.807) is 30.3 Å². The molecule has 1 unspecified atom stereocenters. The summed E-state index contributed by atoms with van der Waals surface area (Å²) in [5.41, 5.74) is 0.616. The smallest absolute Gasteiger partial charge is 0.276 e. The molecule has 3 rings (SSSR count). The molecule has 0 radical (unpaired) electrons. The van der Waals surface area contributed by atoms with Crippen LogP contribution in [0.5, 0.6) is 0 Å². The Morgan fingerprint density at radius 2 is 2.12 bits per heavy atom. The Morgan fingerprint density at radius 3 is 2.83 bits per heavy atom. The molecule has 1 aromatic heterocycles. The van der Waals surface area contributed by atoms with Crippen molar-refractivity contribution in [1.29, 1.82) is 0 Å². The van der Waals surface area contributed by atoms with E-state index < -0.39 is 5.91 Å². The predicted octanol–water partition coefficient (Wildman–Crippen LogP) is 3.63. The van der Waals surface area contributed by atoms with E-state index >= 15 is 0 Å². The molecule has 0 saturated carbocycles. The van der Waals surface area contributed by atoms with Crippen LogP contribution < -0.4 is 10.6 Å². The molecule has 8 heteroatoms. The minimum Gasteiger partial charge on any atom is -0.376 e. The Morgan fingerprint density at radius 1 is 1.25 bits per heavy atom. The highest BCUT2D eigenvalue weighted by Crippen LogP contribution is 2.25. The number of ether oxygens (including phenoxy) is 1. The van der Waals surface area contributed by atoms with Gasteiger partial charge in [-0.1, -0.05) is 23.2 Å². The minimum atomic E-state index is -0.405. The Labute approximate surface area is 149 Å². The van der Waals surface area contributed by atoms with Crippen molar-refractivity contribution in [3.63, 3.8) is 0 Å². The monoisotopic (exact) mass is 366 g/mol. The van der Waals surface area contributed by atoms with Gasteiger partial charge in [0.15, 0.2) is 5.69 Å². The fourth-order valence-corrected chi connectivity index (χ4v) is 2.69. The second-order valence-electron chi connectivity index (χ2n) is 5.40. The number of hydrogen-bond acceptors (Lipinski definition) is 5. The summed E-state index contributed by atoms with van der Waals surface area (Å²) in [6, 6.07) is 8.14. The molecule has 6 nitrogen and oxygen atoms in total. The lowest BCUT2D eigenvalue weighted by atomic mass is 10.2. The van der Waals surface area contributed by atoms with Gasteiger partial charge in [0, 0.05) is 18.2 Å². The Kier molecular flexibility index (Phi) is 5.50. The number of nitrogens with zero attached hydrogens (tertiary/aromatic N) is 2.